The molecule has 0 saturated carbocycles. The molecule has 29 heavy (non-hydrogen) atoms. The van der Waals surface area contributed by atoms with E-state index in [1.54, 1.807) is 37.3 Å². The molecule has 0 aliphatic carbocycles. The lowest BCUT2D eigenvalue weighted by atomic mass is 9.71. The molecule has 1 saturated heterocycles. The second kappa shape index (κ2) is 8.24. The summed E-state index contributed by atoms with van der Waals surface area (Å²) in [4.78, 5) is 13.2. The molecule has 1 fully saturated rings. The quantitative estimate of drug-likeness (QED) is 0.693. The first-order valence-electron chi connectivity index (χ1n) is 9.71. The van der Waals surface area contributed by atoms with Gasteiger partial charge in [0.2, 0.25) is 10.0 Å². The number of carbonyl (C=O) groups is 1. The molecule has 0 amide bonds. The molecule has 0 spiro atoms. The van der Waals surface area contributed by atoms with Crippen LogP contribution in [0.15, 0.2) is 47.4 Å². The third-order valence-corrected chi connectivity index (χ3v) is 7.53. The van der Waals surface area contributed by atoms with Gasteiger partial charge in [-0.05, 0) is 69.0 Å². The number of hydrogen-bond donors (Lipinski definition) is 0. The van der Waals surface area contributed by atoms with Crippen molar-refractivity contribution in [1.29, 1.82) is 0 Å². The minimum absolute atomic E-state index is 0.158. The van der Waals surface area contributed by atoms with Crippen molar-refractivity contribution >= 4 is 16.0 Å². The van der Waals surface area contributed by atoms with E-state index in [2.05, 4.69) is 0 Å². The van der Waals surface area contributed by atoms with Crippen LogP contribution < -0.4 is 0 Å². The maximum Gasteiger partial charge on any atom is 0.316 e. The van der Waals surface area contributed by atoms with Gasteiger partial charge in [-0.2, -0.15) is 4.31 Å². The summed E-state index contributed by atoms with van der Waals surface area (Å²) in [5.74, 6) is -0.856. The highest BCUT2D eigenvalue weighted by atomic mass is 32.2. The minimum atomic E-state index is -3.66. The first-order valence-corrected chi connectivity index (χ1v) is 11.2. The van der Waals surface area contributed by atoms with Crippen molar-refractivity contribution in [3.63, 3.8) is 0 Å². The van der Waals surface area contributed by atoms with Crippen LogP contribution in [0.2, 0.25) is 0 Å². The monoisotopic (exact) mass is 419 g/mol. The maximum absolute atomic E-state index is 14.0. The summed E-state index contributed by atoms with van der Waals surface area (Å²) >= 11 is 0. The number of aryl methyl sites for hydroxylation is 2. The van der Waals surface area contributed by atoms with Gasteiger partial charge in [-0.1, -0.05) is 23.8 Å². The Hall–Kier alpha value is -2.25. The molecule has 0 radical (unpaired) electrons. The number of nitrogens with zero attached hydrogens (tertiary/aromatic N) is 1. The SMILES string of the molecule is CCOC(=O)C1(c2cc(F)ccc2C)CCN(S(=O)(=O)c2ccc(C)cc2)CC1. The fourth-order valence-corrected chi connectivity index (χ4v) is 5.37. The standard InChI is InChI=1S/C22H26FNO4S/c1-4-28-21(25)22(20-15-18(23)8-7-17(20)3)11-13-24(14-12-22)29(26,27)19-9-5-16(2)6-10-19/h5-10,15H,4,11-14H2,1-3H3. The Balaban J connectivity index is 1.93. The summed E-state index contributed by atoms with van der Waals surface area (Å²) in [6.45, 7) is 5.97. The first-order chi connectivity index (χ1) is 13.7. The summed E-state index contributed by atoms with van der Waals surface area (Å²) in [6, 6.07) is 11.1. The van der Waals surface area contributed by atoms with Crippen molar-refractivity contribution in [3.8, 4) is 0 Å². The van der Waals surface area contributed by atoms with E-state index in [4.69, 9.17) is 4.74 Å². The summed E-state index contributed by atoms with van der Waals surface area (Å²) in [7, 11) is -3.66. The van der Waals surface area contributed by atoms with Gasteiger partial charge in [0.05, 0.1) is 16.9 Å². The Labute approximate surface area is 171 Å². The zero-order valence-electron chi connectivity index (χ0n) is 16.9. The van der Waals surface area contributed by atoms with Crippen LogP contribution in [0.5, 0.6) is 0 Å². The normalized spacial score (nSPS) is 17.1. The van der Waals surface area contributed by atoms with E-state index in [1.807, 2.05) is 13.8 Å². The number of halogens is 1. The fourth-order valence-electron chi connectivity index (χ4n) is 3.93. The molecule has 1 aliphatic heterocycles. The van der Waals surface area contributed by atoms with Gasteiger partial charge in [0.25, 0.3) is 0 Å². The number of esters is 1. The number of ether oxygens (including phenoxy) is 1. The van der Waals surface area contributed by atoms with E-state index < -0.39 is 27.2 Å². The van der Waals surface area contributed by atoms with E-state index in [0.29, 0.717) is 5.56 Å². The lowest BCUT2D eigenvalue weighted by Crippen LogP contribution is -2.50. The number of rotatable bonds is 5. The van der Waals surface area contributed by atoms with E-state index >= 15 is 0 Å². The third-order valence-electron chi connectivity index (χ3n) is 5.62. The highest BCUT2D eigenvalue weighted by Gasteiger charge is 2.47. The number of benzene rings is 2. The predicted octanol–water partition coefficient (Wildman–Crippen LogP) is 3.73. The smallest absolute Gasteiger partial charge is 0.316 e. The Morgan fingerprint density at radius 1 is 1.10 bits per heavy atom. The van der Waals surface area contributed by atoms with E-state index in [9.17, 15) is 17.6 Å². The Kier molecular flexibility index (Phi) is 6.10. The zero-order chi connectivity index (χ0) is 21.2. The van der Waals surface area contributed by atoms with E-state index in [0.717, 1.165) is 11.1 Å². The minimum Gasteiger partial charge on any atom is -0.465 e. The van der Waals surface area contributed by atoms with Crippen molar-refractivity contribution in [2.24, 2.45) is 0 Å². The molecule has 2 aromatic rings. The second-order valence-corrected chi connectivity index (χ2v) is 9.42. The van der Waals surface area contributed by atoms with Crippen molar-refractivity contribution in [3.05, 3.63) is 65.0 Å². The molecule has 0 atom stereocenters. The lowest BCUT2D eigenvalue weighted by Gasteiger charge is -2.40. The van der Waals surface area contributed by atoms with Crippen LogP contribution in [0.1, 0.15) is 36.5 Å². The van der Waals surface area contributed by atoms with Gasteiger partial charge < -0.3 is 4.74 Å². The second-order valence-electron chi connectivity index (χ2n) is 7.48. The van der Waals surface area contributed by atoms with Gasteiger partial charge in [-0.25, -0.2) is 12.8 Å². The molecule has 3 rings (SSSR count). The molecular weight excluding hydrogens is 393 g/mol. The van der Waals surface area contributed by atoms with Crippen LogP contribution in [0, 0.1) is 19.7 Å². The van der Waals surface area contributed by atoms with Gasteiger partial charge in [0, 0.05) is 13.1 Å². The molecule has 7 heteroatoms. The largest absolute Gasteiger partial charge is 0.465 e. The van der Waals surface area contributed by atoms with Crippen LogP contribution >= 0.6 is 0 Å². The number of sulfonamides is 1. The highest BCUT2D eigenvalue weighted by molar-refractivity contribution is 7.89. The average Bonchev–Trinajstić information content (AvgIpc) is 2.70. The molecule has 1 aliphatic rings. The van der Waals surface area contributed by atoms with Crippen LogP contribution in [0.25, 0.3) is 0 Å². The molecule has 0 aromatic heterocycles. The zero-order valence-corrected chi connectivity index (χ0v) is 17.8. The topological polar surface area (TPSA) is 63.7 Å². The summed E-state index contributed by atoms with van der Waals surface area (Å²) in [5, 5.41) is 0. The van der Waals surface area contributed by atoms with Crippen LogP contribution in [-0.4, -0.2) is 38.4 Å². The maximum atomic E-state index is 14.0. The molecule has 0 unspecified atom stereocenters. The van der Waals surface area contributed by atoms with Crippen LogP contribution in [-0.2, 0) is 25.0 Å². The van der Waals surface area contributed by atoms with Crippen LogP contribution in [0.3, 0.4) is 0 Å². The highest BCUT2D eigenvalue weighted by Crippen LogP contribution is 2.40. The fraction of sp³-hybridized carbons (Fsp3) is 0.409. The molecule has 0 N–H and O–H groups in total. The number of carbonyl (C=O) groups excluding carboxylic acids is 1. The average molecular weight is 420 g/mol. The van der Waals surface area contributed by atoms with Crippen molar-refractivity contribution < 1.29 is 22.3 Å². The molecule has 156 valence electrons. The summed E-state index contributed by atoms with van der Waals surface area (Å²) < 4.78 is 46.7. The molecule has 5 nitrogen and oxygen atoms in total. The van der Waals surface area contributed by atoms with Gasteiger partial charge in [-0.3, -0.25) is 4.79 Å². The first kappa shape index (κ1) is 21.5. The van der Waals surface area contributed by atoms with E-state index in [1.165, 1.54) is 16.4 Å². The Morgan fingerprint density at radius 3 is 2.31 bits per heavy atom. The van der Waals surface area contributed by atoms with Crippen molar-refractivity contribution in [2.45, 2.75) is 43.9 Å². The Morgan fingerprint density at radius 2 is 1.72 bits per heavy atom. The lowest BCUT2D eigenvalue weighted by molar-refractivity contribution is -0.152. The predicted molar refractivity (Wildman–Crippen MR) is 109 cm³/mol. The summed E-state index contributed by atoms with van der Waals surface area (Å²) in [5.41, 5.74) is 1.28. The number of piperidine rings is 1. The van der Waals surface area contributed by atoms with E-state index in [-0.39, 0.29) is 37.4 Å². The Bertz CT molecular complexity index is 994. The molecule has 0 bridgehead atoms. The molecule has 2 aromatic carbocycles. The number of hydrogen-bond acceptors (Lipinski definition) is 4. The van der Waals surface area contributed by atoms with Gasteiger partial charge in [0.15, 0.2) is 0 Å². The van der Waals surface area contributed by atoms with Gasteiger partial charge in [0.1, 0.15) is 5.82 Å². The van der Waals surface area contributed by atoms with Crippen molar-refractivity contribution in [2.75, 3.05) is 19.7 Å². The summed E-state index contributed by atoms with van der Waals surface area (Å²) in [6.07, 6.45) is 0.475. The van der Waals surface area contributed by atoms with Gasteiger partial charge in [-0.15, -0.1) is 0 Å². The molecule has 1 heterocycles. The third kappa shape index (κ3) is 4.07. The van der Waals surface area contributed by atoms with Gasteiger partial charge >= 0.3 is 5.97 Å². The van der Waals surface area contributed by atoms with Crippen molar-refractivity contribution in [1.82, 2.24) is 4.31 Å². The molecular formula is C22H26FNO4S. The van der Waals surface area contributed by atoms with Crippen LogP contribution in [0.4, 0.5) is 4.39 Å².